The van der Waals surface area contributed by atoms with E-state index in [9.17, 15) is 14.3 Å². The molecule has 6 rings (SSSR count). The lowest BCUT2D eigenvalue weighted by molar-refractivity contribution is 0.00434. The third kappa shape index (κ3) is 6.96. The highest BCUT2D eigenvalue weighted by Crippen LogP contribution is 2.41. The molecule has 2 aromatic heterocycles. The third-order valence-corrected chi connectivity index (χ3v) is 9.90. The summed E-state index contributed by atoms with van der Waals surface area (Å²) in [6.07, 6.45) is 1.61. The van der Waals surface area contributed by atoms with Crippen molar-refractivity contribution in [1.82, 2.24) is 19.4 Å². The number of halogens is 2. The van der Waals surface area contributed by atoms with Crippen molar-refractivity contribution in [2.45, 2.75) is 58.8 Å². The van der Waals surface area contributed by atoms with Gasteiger partial charge in [-0.1, -0.05) is 17.7 Å². The zero-order chi connectivity index (χ0) is 35.7. The molecule has 1 unspecified atom stereocenters. The van der Waals surface area contributed by atoms with E-state index in [4.69, 9.17) is 31.7 Å². The number of esters is 1. The van der Waals surface area contributed by atoms with Crippen LogP contribution in [-0.4, -0.2) is 63.9 Å². The fourth-order valence-electron chi connectivity index (χ4n) is 6.93. The molecule has 1 atom stereocenters. The Morgan fingerprint density at radius 1 is 1.20 bits per heavy atom. The zero-order valence-electron chi connectivity index (χ0n) is 29.1. The highest BCUT2D eigenvalue weighted by molar-refractivity contribution is 6.34. The number of aryl methyl sites for hydroxylation is 5. The first-order chi connectivity index (χ1) is 24.0. The van der Waals surface area contributed by atoms with Gasteiger partial charge in [0.1, 0.15) is 17.3 Å². The molecule has 5 aromatic rings. The Bertz CT molecular complexity index is 2100. The van der Waals surface area contributed by atoms with Crippen molar-refractivity contribution < 1.29 is 28.5 Å². The van der Waals surface area contributed by atoms with Crippen LogP contribution >= 0.6 is 11.6 Å². The number of hydrazine groups is 1. The van der Waals surface area contributed by atoms with Gasteiger partial charge in [-0.25, -0.2) is 15.0 Å². The predicted molar refractivity (Wildman–Crippen MR) is 192 cm³/mol. The van der Waals surface area contributed by atoms with E-state index >= 15 is 0 Å². The van der Waals surface area contributed by atoms with E-state index in [1.54, 1.807) is 13.1 Å². The van der Waals surface area contributed by atoms with Crippen molar-refractivity contribution in [2.24, 2.45) is 12.9 Å². The molecule has 264 valence electrons. The molecule has 0 spiro atoms. The molecule has 1 aliphatic rings. The average molecular weight is 704 g/mol. The van der Waals surface area contributed by atoms with Gasteiger partial charge in [-0.15, -0.1) is 0 Å². The number of allylic oxidation sites excluding steroid dienone is 1. The summed E-state index contributed by atoms with van der Waals surface area (Å²) < 4.78 is 36.1. The Morgan fingerprint density at radius 3 is 2.74 bits per heavy atom. The van der Waals surface area contributed by atoms with Gasteiger partial charge in [-0.3, -0.25) is 4.68 Å². The number of aliphatic hydroxyl groups excluding tert-OH is 1. The number of nitrogens with two attached hydrogens (primary N) is 1. The van der Waals surface area contributed by atoms with E-state index in [1.807, 2.05) is 60.5 Å². The van der Waals surface area contributed by atoms with Crippen molar-refractivity contribution in [3.05, 3.63) is 98.8 Å². The van der Waals surface area contributed by atoms with Gasteiger partial charge in [0.2, 0.25) is 0 Å². The first-order valence-corrected chi connectivity index (χ1v) is 17.1. The number of aromatic nitrogens is 3. The van der Waals surface area contributed by atoms with E-state index in [1.165, 1.54) is 24.3 Å². The topological polar surface area (TPSA) is 117 Å². The molecule has 0 amide bonds. The fourth-order valence-corrected chi connectivity index (χ4v) is 7.20. The first-order valence-electron chi connectivity index (χ1n) is 16.7. The van der Waals surface area contributed by atoms with Crippen LogP contribution in [0, 0.1) is 12.7 Å². The first kappa shape index (κ1) is 35.4. The summed E-state index contributed by atoms with van der Waals surface area (Å²) in [5.41, 5.74) is 6.88. The van der Waals surface area contributed by atoms with Crippen LogP contribution in [0.5, 0.6) is 5.75 Å². The van der Waals surface area contributed by atoms with Gasteiger partial charge in [-0.2, -0.15) is 5.10 Å². The second kappa shape index (κ2) is 14.8. The van der Waals surface area contributed by atoms with Gasteiger partial charge in [0.15, 0.2) is 0 Å². The predicted octanol–water partition coefficient (Wildman–Crippen LogP) is 6.49. The molecular formula is C38H43ClFN5O5. The van der Waals surface area contributed by atoms with Gasteiger partial charge in [0.25, 0.3) is 0 Å². The van der Waals surface area contributed by atoms with E-state index < -0.39 is 12.1 Å². The zero-order valence-corrected chi connectivity index (χ0v) is 29.8. The lowest BCUT2D eigenvalue weighted by Crippen LogP contribution is -2.26. The van der Waals surface area contributed by atoms with E-state index in [2.05, 4.69) is 5.10 Å². The van der Waals surface area contributed by atoms with Crippen LogP contribution in [-0.2, 0) is 42.5 Å². The molecule has 0 radical (unpaired) electrons. The number of rotatable bonds is 3. The van der Waals surface area contributed by atoms with Crippen molar-refractivity contribution in [3.8, 4) is 5.75 Å². The number of fused-ring (bicyclic) bond motifs is 6. The van der Waals surface area contributed by atoms with Crippen LogP contribution in [0.25, 0.3) is 27.2 Å². The molecule has 50 heavy (non-hydrogen) atoms. The molecule has 1 aliphatic heterocycles. The number of ether oxygens (including phenoxy) is 3. The molecule has 0 fully saturated rings. The SMILES string of the molecule is COC(=O)c1c(C)c2c3c(Cl)ccc2n1CCCOc1cc(cc2cc(F)ccc12)CCc1cc(nn1C)COC(CO)C/C3=C(/C)N(C)N. The number of hydrogen-bond acceptors (Lipinski definition) is 8. The van der Waals surface area contributed by atoms with E-state index in [-0.39, 0.29) is 25.5 Å². The van der Waals surface area contributed by atoms with Crippen molar-refractivity contribution >= 4 is 44.8 Å². The molecule has 0 saturated carbocycles. The Labute approximate surface area is 295 Å². The van der Waals surface area contributed by atoms with E-state index in [0.29, 0.717) is 60.0 Å². The fraction of sp³-hybridized carbons (Fsp3) is 0.368. The normalized spacial score (nSPS) is 17.0. The number of carbonyl (C=O) groups excluding carboxylic acids is 1. The van der Waals surface area contributed by atoms with Gasteiger partial charge in [-0.05, 0) is 97.7 Å². The van der Waals surface area contributed by atoms with E-state index in [0.717, 1.165) is 49.9 Å². The Hall–Kier alpha value is -4.42. The summed E-state index contributed by atoms with van der Waals surface area (Å²) in [6.45, 7) is 4.49. The monoisotopic (exact) mass is 703 g/mol. The summed E-state index contributed by atoms with van der Waals surface area (Å²) in [5.74, 6) is 6.20. The highest BCUT2D eigenvalue weighted by Gasteiger charge is 2.27. The molecule has 10 nitrogen and oxygen atoms in total. The molecule has 3 aromatic carbocycles. The quantitative estimate of drug-likeness (QED) is 0.125. The largest absolute Gasteiger partial charge is 0.493 e. The number of carbonyl (C=O) groups is 1. The maximum absolute atomic E-state index is 14.3. The minimum absolute atomic E-state index is 0.178. The standard InChI is InChI=1S/C38H43ClFN5O5/c1-22-35-33-12-11-32(39)36(35)31(23(2)43(3)41)19-29(20-46)50-21-27-18-28(44(4)42-27)9-7-24-15-25-17-26(40)8-10-30(25)34(16-24)49-14-6-13-45(33)37(22)38(47)48-5/h8,10-12,15-18,29,46H,6-7,9,13-14,19-21,41H2,1-5H3/b31-23+. The van der Waals surface area contributed by atoms with Crippen LogP contribution < -0.4 is 10.6 Å². The van der Waals surface area contributed by atoms with Crippen LogP contribution in [0.3, 0.4) is 0 Å². The van der Waals surface area contributed by atoms with Gasteiger partial charge < -0.3 is 28.9 Å². The smallest absolute Gasteiger partial charge is 0.354 e. The van der Waals surface area contributed by atoms with Gasteiger partial charge in [0.05, 0.1) is 38.7 Å². The van der Waals surface area contributed by atoms with Crippen LogP contribution in [0.4, 0.5) is 4.39 Å². The van der Waals surface area contributed by atoms with Crippen LogP contribution in [0.1, 0.15) is 58.3 Å². The Kier molecular flexibility index (Phi) is 10.5. The number of aliphatic hydroxyl groups is 1. The molecule has 12 heteroatoms. The van der Waals surface area contributed by atoms with Crippen molar-refractivity contribution in [2.75, 3.05) is 27.4 Å². The van der Waals surface area contributed by atoms with Crippen molar-refractivity contribution in [1.29, 1.82) is 0 Å². The Morgan fingerprint density at radius 2 is 2.00 bits per heavy atom. The maximum atomic E-state index is 14.3. The summed E-state index contributed by atoms with van der Waals surface area (Å²) in [5, 5.41) is 19.6. The molecule has 3 heterocycles. The molecular weight excluding hydrogens is 661 g/mol. The summed E-state index contributed by atoms with van der Waals surface area (Å²) in [6, 6.07) is 14.4. The minimum Gasteiger partial charge on any atom is -0.493 e. The highest BCUT2D eigenvalue weighted by atomic mass is 35.5. The van der Waals surface area contributed by atoms with Crippen molar-refractivity contribution in [3.63, 3.8) is 0 Å². The third-order valence-electron chi connectivity index (χ3n) is 9.59. The molecule has 0 aliphatic carbocycles. The maximum Gasteiger partial charge on any atom is 0.354 e. The second-order valence-corrected chi connectivity index (χ2v) is 13.2. The molecule has 3 N–H and O–H groups in total. The summed E-state index contributed by atoms with van der Waals surface area (Å²) in [4.78, 5) is 13.3. The number of nitrogens with zero attached hydrogens (tertiary/aromatic N) is 4. The number of methoxy groups -OCH3 is 1. The second-order valence-electron chi connectivity index (χ2n) is 12.8. The Balaban J connectivity index is 1.50. The van der Waals surface area contributed by atoms with Crippen LogP contribution in [0.15, 0.2) is 54.2 Å². The summed E-state index contributed by atoms with van der Waals surface area (Å²) >= 11 is 7.01. The van der Waals surface area contributed by atoms with Gasteiger partial charge >= 0.3 is 5.97 Å². The number of hydrogen-bond donors (Lipinski definition) is 2. The lowest BCUT2D eigenvalue weighted by atomic mass is 9.93. The molecule has 0 saturated heterocycles. The molecule has 8 bridgehead atoms. The average Bonchev–Trinajstić information content (AvgIpc) is 3.59. The summed E-state index contributed by atoms with van der Waals surface area (Å²) in [7, 11) is 5.00. The van der Waals surface area contributed by atoms with Gasteiger partial charge in [0, 0.05) is 65.3 Å². The van der Waals surface area contributed by atoms with Crippen LogP contribution in [0.2, 0.25) is 5.02 Å². The number of benzene rings is 3. The minimum atomic E-state index is -0.609. The lowest BCUT2D eigenvalue weighted by Gasteiger charge is -2.24.